The first-order valence-electron chi connectivity index (χ1n) is 14.6. The third kappa shape index (κ3) is 9.33. The van der Waals surface area contributed by atoms with E-state index < -0.39 is 40.6 Å². The second-order valence-corrected chi connectivity index (χ2v) is 12.8. The number of aromatic nitrogens is 1. The zero-order valence-corrected chi connectivity index (χ0v) is 26.3. The van der Waals surface area contributed by atoms with Crippen LogP contribution in [0, 0.1) is 20.8 Å². The molecule has 12 nitrogen and oxygen atoms in total. The van der Waals surface area contributed by atoms with Crippen molar-refractivity contribution in [1.29, 1.82) is 0 Å². The number of nitrogens with one attached hydrogen (secondary N) is 3. The molecule has 3 atom stereocenters. The molecule has 2 aromatic carbocycles. The number of hydrogen-bond acceptors (Lipinski definition) is 8. The van der Waals surface area contributed by atoms with Gasteiger partial charge in [-0.05, 0) is 56.0 Å². The van der Waals surface area contributed by atoms with Crippen molar-refractivity contribution in [2.75, 3.05) is 31.6 Å². The number of carbonyl (C=O) groups excluding carboxylic acids is 2. The first-order valence-corrected chi connectivity index (χ1v) is 16.1. The topological polar surface area (TPSA) is 167 Å². The number of carboxylic acids is 1. The second kappa shape index (κ2) is 15.1. The van der Waals surface area contributed by atoms with Crippen LogP contribution in [-0.2, 0) is 35.6 Å². The van der Waals surface area contributed by atoms with Crippen molar-refractivity contribution in [2.24, 2.45) is 0 Å². The molecule has 1 aliphatic heterocycles. The number of anilines is 1. The fourth-order valence-corrected chi connectivity index (χ4v) is 7.17. The summed E-state index contributed by atoms with van der Waals surface area (Å²) >= 11 is 0. The van der Waals surface area contributed by atoms with Crippen LogP contribution < -0.4 is 15.4 Å². The molecule has 3 aromatic rings. The molecule has 0 spiro atoms. The minimum Gasteiger partial charge on any atom is -0.480 e. The highest BCUT2D eigenvalue weighted by atomic mass is 32.2. The molecule has 2 unspecified atom stereocenters. The van der Waals surface area contributed by atoms with E-state index in [-0.39, 0.29) is 36.4 Å². The van der Waals surface area contributed by atoms with E-state index in [1.807, 2.05) is 55.5 Å². The maximum atomic E-state index is 13.3. The van der Waals surface area contributed by atoms with Gasteiger partial charge < -0.3 is 25.4 Å². The SMILES string of the molecule is Cc1cc(C)c(S(=O)(=O)N[C@@H](CNC(=O)COC2CC(CNc3ccccn3)N(C(=O)Cc3ccccc3)C2)C(=O)O)c(C)c1. The number of carboxylic acid groups (broad SMARTS) is 1. The number of amides is 2. The lowest BCUT2D eigenvalue weighted by Crippen LogP contribution is -2.49. The van der Waals surface area contributed by atoms with Gasteiger partial charge in [-0.15, -0.1) is 0 Å². The van der Waals surface area contributed by atoms with Crippen LogP contribution >= 0.6 is 0 Å². The molecule has 1 aliphatic rings. The van der Waals surface area contributed by atoms with Crippen molar-refractivity contribution in [1.82, 2.24) is 19.9 Å². The number of ether oxygens (including phenoxy) is 1. The number of likely N-dealkylation sites (tertiary alicyclic amines) is 1. The van der Waals surface area contributed by atoms with Crippen LogP contribution in [0.25, 0.3) is 0 Å². The maximum Gasteiger partial charge on any atom is 0.323 e. The number of nitrogens with zero attached hydrogens (tertiary/aromatic N) is 2. The minimum absolute atomic E-state index is 0.00805. The highest BCUT2D eigenvalue weighted by Gasteiger charge is 2.36. The van der Waals surface area contributed by atoms with E-state index in [1.54, 1.807) is 37.1 Å². The lowest BCUT2D eigenvalue weighted by molar-refractivity contribution is -0.139. The van der Waals surface area contributed by atoms with Gasteiger partial charge in [0.05, 0.1) is 23.5 Å². The summed E-state index contributed by atoms with van der Waals surface area (Å²) in [7, 11) is -4.19. The summed E-state index contributed by atoms with van der Waals surface area (Å²) in [5.41, 5.74) is 2.75. The van der Waals surface area contributed by atoms with E-state index in [9.17, 15) is 27.9 Å². The lowest BCUT2D eigenvalue weighted by atomic mass is 10.1. The van der Waals surface area contributed by atoms with Crippen LogP contribution in [0.5, 0.6) is 0 Å². The van der Waals surface area contributed by atoms with E-state index in [0.29, 0.717) is 29.9 Å². The lowest BCUT2D eigenvalue weighted by Gasteiger charge is -2.25. The average molecular weight is 638 g/mol. The van der Waals surface area contributed by atoms with Gasteiger partial charge >= 0.3 is 5.97 Å². The molecule has 0 bridgehead atoms. The molecule has 1 aromatic heterocycles. The van der Waals surface area contributed by atoms with Crippen molar-refractivity contribution in [3.8, 4) is 0 Å². The molecule has 0 radical (unpaired) electrons. The molecule has 240 valence electrons. The third-order valence-corrected chi connectivity index (χ3v) is 9.28. The van der Waals surface area contributed by atoms with E-state index >= 15 is 0 Å². The van der Waals surface area contributed by atoms with Gasteiger partial charge in [0.15, 0.2) is 0 Å². The van der Waals surface area contributed by atoms with Gasteiger partial charge in [-0.3, -0.25) is 14.4 Å². The van der Waals surface area contributed by atoms with Gasteiger partial charge in [0.1, 0.15) is 18.5 Å². The zero-order chi connectivity index (χ0) is 32.6. The third-order valence-electron chi connectivity index (χ3n) is 7.50. The number of rotatable bonds is 14. The van der Waals surface area contributed by atoms with E-state index in [2.05, 4.69) is 20.3 Å². The van der Waals surface area contributed by atoms with Gasteiger partial charge in [-0.1, -0.05) is 54.1 Å². The van der Waals surface area contributed by atoms with Crippen molar-refractivity contribution in [3.63, 3.8) is 0 Å². The van der Waals surface area contributed by atoms with Crippen molar-refractivity contribution in [2.45, 2.75) is 56.7 Å². The number of sulfonamides is 1. The number of pyridine rings is 1. The predicted octanol–water partition coefficient (Wildman–Crippen LogP) is 2.20. The normalized spacial score (nSPS) is 17.1. The molecule has 13 heteroatoms. The molecule has 1 saturated heterocycles. The summed E-state index contributed by atoms with van der Waals surface area (Å²) in [4.78, 5) is 43.8. The maximum absolute atomic E-state index is 13.3. The summed E-state index contributed by atoms with van der Waals surface area (Å²) in [6.07, 6.45) is 1.93. The van der Waals surface area contributed by atoms with Crippen molar-refractivity contribution < 1.29 is 32.6 Å². The summed E-state index contributed by atoms with van der Waals surface area (Å²) in [6.45, 7) is 4.96. The molecule has 4 rings (SSSR count). The van der Waals surface area contributed by atoms with Crippen LogP contribution in [0.3, 0.4) is 0 Å². The summed E-state index contributed by atoms with van der Waals surface area (Å²) in [5.74, 6) is -1.44. The highest BCUT2D eigenvalue weighted by molar-refractivity contribution is 7.89. The molecule has 2 heterocycles. The first-order chi connectivity index (χ1) is 21.4. The number of hydrogen-bond donors (Lipinski definition) is 4. The number of aryl methyl sites for hydroxylation is 3. The fraction of sp³-hybridized carbons (Fsp3) is 0.375. The Hall–Kier alpha value is -4.33. The predicted molar refractivity (Wildman–Crippen MR) is 168 cm³/mol. The van der Waals surface area contributed by atoms with Gasteiger partial charge in [0.25, 0.3) is 0 Å². The Morgan fingerprint density at radius 2 is 1.73 bits per heavy atom. The van der Waals surface area contributed by atoms with E-state index in [4.69, 9.17) is 4.74 Å². The van der Waals surface area contributed by atoms with E-state index in [0.717, 1.165) is 11.1 Å². The zero-order valence-electron chi connectivity index (χ0n) is 25.5. The van der Waals surface area contributed by atoms with Crippen LogP contribution in [0.4, 0.5) is 5.82 Å². The Bertz CT molecular complexity index is 1580. The molecule has 0 aliphatic carbocycles. The molecular weight excluding hydrogens is 598 g/mol. The van der Waals surface area contributed by atoms with Crippen LogP contribution in [0.15, 0.2) is 71.8 Å². The van der Waals surface area contributed by atoms with Crippen LogP contribution in [0.1, 0.15) is 28.7 Å². The second-order valence-electron chi connectivity index (χ2n) is 11.2. The smallest absolute Gasteiger partial charge is 0.323 e. The highest BCUT2D eigenvalue weighted by Crippen LogP contribution is 2.23. The Morgan fingerprint density at radius 1 is 1.04 bits per heavy atom. The summed E-state index contributed by atoms with van der Waals surface area (Å²) < 4.78 is 34.2. The van der Waals surface area contributed by atoms with Gasteiger partial charge in [-0.2, -0.15) is 4.72 Å². The average Bonchev–Trinajstić information content (AvgIpc) is 3.40. The first kappa shape index (κ1) is 33.6. The Balaban J connectivity index is 1.33. The van der Waals surface area contributed by atoms with Gasteiger partial charge in [0, 0.05) is 25.8 Å². The summed E-state index contributed by atoms with van der Waals surface area (Å²) in [5, 5.41) is 15.4. The van der Waals surface area contributed by atoms with Crippen molar-refractivity contribution >= 4 is 33.6 Å². The molecule has 0 saturated carbocycles. The van der Waals surface area contributed by atoms with Crippen LogP contribution in [0.2, 0.25) is 0 Å². The molecule has 2 amide bonds. The molecule has 45 heavy (non-hydrogen) atoms. The number of aliphatic carboxylic acids is 1. The Kier molecular flexibility index (Phi) is 11.3. The summed E-state index contributed by atoms with van der Waals surface area (Å²) in [6, 6.07) is 16.5. The fourth-order valence-electron chi connectivity index (χ4n) is 5.53. The van der Waals surface area contributed by atoms with Crippen molar-refractivity contribution in [3.05, 3.63) is 89.1 Å². The minimum atomic E-state index is -4.19. The number of benzene rings is 2. The molecule has 1 fully saturated rings. The van der Waals surface area contributed by atoms with Gasteiger partial charge in [-0.25, -0.2) is 13.4 Å². The largest absolute Gasteiger partial charge is 0.480 e. The Labute approximate surface area is 263 Å². The number of carbonyl (C=O) groups is 3. The van der Waals surface area contributed by atoms with E-state index in [1.165, 1.54) is 0 Å². The Morgan fingerprint density at radius 3 is 2.38 bits per heavy atom. The standard InChI is InChI=1S/C32H39N5O7S/c1-21-13-22(2)31(23(3)14-21)45(42,43)36-27(32(40)41)18-35-29(38)20-44-26-16-25(17-34-28-11-7-8-12-33-28)37(19-26)30(39)15-24-9-5-4-6-10-24/h4-14,25-27,36H,15-20H2,1-3H3,(H,33,34)(H,35,38)(H,40,41)/t25?,26?,27-/m0/s1. The molecular formula is C32H39N5O7S. The van der Waals surface area contributed by atoms with Gasteiger partial charge in [0.2, 0.25) is 21.8 Å². The monoisotopic (exact) mass is 637 g/mol. The quantitative estimate of drug-likeness (QED) is 0.207. The molecule has 4 N–H and O–H groups in total. The van der Waals surface area contributed by atoms with Crippen LogP contribution in [-0.4, -0.2) is 85.6 Å².